The molecule has 10 heteroatoms. The predicted octanol–water partition coefficient (Wildman–Crippen LogP) is 3.20. The van der Waals surface area contributed by atoms with Crippen LogP contribution in [0.25, 0.3) is 0 Å². The highest BCUT2D eigenvalue weighted by atomic mass is 19.4. The van der Waals surface area contributed by atoms with Crippen molar-refractivity contribution in [3.05, 3.63) is 41.6 Å². The highest BCUT2D eigenvalue weighted by molar-refractivity contribution is 5.87. The van der Waals surface area contributed by atoms with Crippen molar-refractivity contribution in [1.82, 2.24) is 9.97 Å². The Balaban J connectivity index is 1.68. The van der Waals surface area contributed by atoms with E-state index in [1.54, 1.807) is 0 Å². The van der Waals surface area contributed by atoms with E-state index in [-0.39, 0.29) is 29.8 Å². The molecule has 1 atom stereocenters. The minimum atomic E-state index is -4.48. The van der Waals surface area contributed by atoms with Crippen molar-refractivity contribution in [2.45, 2.75) is 12.6 Å². The molecule has 2 heterocycles. The molecular weight excluding hydrogens is 391 g/mol. The molecule has 1 aromatic heterocycles. The zero-order valence-electron chi connectivity index (χ0n) is 15.9. The first-order chi connectivity index (χ1) is 13.8. The van der Waals surface area contributed by atoms with E-state index in [0.29, 0.717) is 25.5 Å². The number of hydrogen-bond donors (Lipinski definition) is 0. The molecule has 1 unspecified atom stereocenters. The Bertz CT molecular complexity index is 876. The number of para-hydroxylation sites is 1. The number of halogens is 3. The molecule has 0 radical (unpaired) electrons. The van der Waals surface area contributed by atoms with Gasteiger partial charge in [0.05, 0.1) is 26.4 Å². The van der Waals surface area contributed by atoms with E-state index < -0.39 is 17.7 Å². The highest BCUT2D eigenvalue weighted by Gasteiger charge is 2.34. The Morgan fingerprint density at radius 1 is 1.24 bits per heavy atom. The molecule has 1 aliphatic heterocycles. The maximum Gasteiger partial charge on any atom is 0.419 e. The number of benzene rings is 1. The lowest BCUT2D eigenvalue weighted by atomic mass is 10.1. The van der Waals surface area contributed by atoms with E-state index >= 15 is 0 Å². The number of anilines is 1. The number of carbonyl (C=O) groups excluding carboxylic acids is 1. The summed E-state index contributed by atoms with van der Waals surface area (Å²) in [7, 11) is 2.67. The molecule has 0 N–H and O–H groups in total. The third-order valence-electron chi connectivity index (χ3n) is 4.53. The fraction of sp³-hybridized carbons (Fsp3) is 0.421. The maximum absolute atomic E-state index is 13.1. The van der Waals surface area contributed by atoms with Gasteiger partial charge in [0.15, 0.2) is 5.69 Å². The summed E-state index contributed by atoms with van der Waals surface area (Å²) in [5.74, 6) is -0.316. The van der Waals surface area contributed by atoms with Gasteiger partial charge in [0, 0.05) is 25.1 Å². The Morgan fingerprint density at radius 3 is 2.69 bits per heavy atom. The van der Waals surface area contributed by atoms with Gasteiger partial charge in [-0.2, -0.15) is 18.2 Å². The first-order valence-electron chi connectivity index (χ1n) is 8.87. The summed E-state index contributed by atoms with van der Waals surface area (Å²) in [4.78, 5) is 22.1. The van der Waals surface area contributed by atoms with Crippen molar-refractivity contribution in [3.8, 4) is 11.6 Å². The monoisotopic (exact) mass is 411 g/mol. The van der Waals surface area contributed by atoms with Gasteiger partial charge in [-0.15, -0.1) is 0 Å². The van der Waals surface area contributed by atoms with Crippen LogP contribution in [0.2, 0.25) is 0 Å². The molecule has 0 aliphatic carbocycles. The van der Waals surface area contributed by atoms with Crippen molar-refractivity contribution in [1.29, 1.82) is 0 Å². The van der Waals surface area contributed by atoms with Gasteiger partial charge in [-0.3, -0.25) is 0 Å². The number of carbonyl (C=O) groups is 1. The van der Waals surface area contributed by atoms with Gasteiger partial charge >= 0.3 is 12.1 Å². The number of rotatable bonds is 6. The second-order valence-corrected chi connectivity index (χ2v) is 6.49. The fourth-order valence-corrected chi connectivity index (χ4v) is 3.05. The topological polar surface area (TPSA) is 73.8 Å². The van der Waals surface area contributed by atoms with E-state index in [1.165, 1.54) is 38.5 Å². The molecule has 0 spiro atoms. The Labute approximate surface area is 165 Å². The molecule has 0 saturated carbocycles. The molecule has 3 rings (SSSR count). The van der Waals surface area contributed by atoms with Crippen LogP contribution in [0.1, 0.15) is 22.5 Å². The summed E-state index contributed by atoms with van der Waals surface area (Å²) < 4.78 is 54.5. The summed E-state index contributed by atoms with van der Waals surface area (Å²) in [6, 6.07) is 6.51. The second-order valence-electron chi connectivity index (χ2n) is 6.49. The highest BCUT2D eigenvalue weighted by Crippen LogP contribution is 2.36. The summed E-state index contributed by atoms with van der Waals surface area (Å²) in [6.45, 7) is 1.17. The predicted molar refractivity (Wildman–Crippen MR) is 97.2 cm³/mol. The number of esters is 1. The van der Waals surface area contributed by atoms with E-state index in [9.17, 15) is 18.0 Å². The third kappa shape index (κ3) is 4.87. The Morgan fingerprint density at radius 2 is 2.00 bits per heavy atom. The summed E-state index contributed by atoms with van der Waals surface area (Å²) in [6.07, 6.45) is -3.79. The van der Waals surface area contributed by atoms with Crippen LogP contribution in [0.4, 0.5) is 19.1 Å². The van der Waals surface area contributed by atoms with Gasteiger partial charge in [-0.05, 0) is 18.6 Å². The quantitative estimate of drug-likeness (QED) is 0.676. The largest absolute Gasteiger partial charge is 0.493 e. The normalized spacial score (nSPS) is 16.6. The second kappa shape index (κ2) is 8.54. The van der Waals surface area contributed by atoms with E-state index in [2.05, 4.69) is 14.7 Å². The average Bonchev–Trinajstić information content (AvgIpc) is 3.20. The number of nitrogens with zero attached hydrogens (tertiary/aromatic N) is 3. The molecule has 1 aromatic carbocycles. The van der Waals surface area contributed by atoms with Crippen molar-refractivity contribution in [3.63, 3.8) is 0 Å². The minimum Gasteiger partial charge on any atom is -0.493 e. The molecule has 1 aliphatic rings. The molecule has 156 valence electrons. The van der Waals surface area contributed by atoms with Gasteiger partial charge in [0.25, 0.3) is 0 Å². The molecular formula is C19H20F3N3O4. The molecule has 29 heavy (non-hydrogen) atoms. The minimum absolute atomic E-state index is 0.0207. The van der Waals surface area contributed by atoms with Crippen LogP contribution in [0.5, 0.6) is 11.6 Å². The van der Waals surface area contributed by atoms with Crippen LogP contribution in [-0.4, -0.2) is 49.9 Å². The number of aromatic nitrogens is 2. The van der Waals surface area contributed by atoms with Gasteiger partial charge in [0.2, 0.25) is 11.8 Å². The number of ether oxygens (including phenoxy) is 3. The first-order valence-corrected chi connectivity index (χ1v) is 8.87. The number of alkyl halides is 3. The lowest BCUT2D eigenvalue weighted by Gasteiger charge is -2.18. The zero-order chi connectivity index (χ0) is 21.0. The van der Waals surface area contributed by atoms with Crippen LogP contribution in [0.3, 0.4) is 0 Å². The lowest BCUT2D eigenvalue weighted by molar-refractivity contribution is -0.139. The number of methoxy groups -OCH3 is 2. The molecule has 2 aromatic rings. The maximum atomic E-state index is 13.1. The first kappa shape index (κ1) is 20.7. The Hall–Kier alpha value is -3.04. The zero-order valence-corrected chi connectivity index (χ0v) is 15.9. The van der Waals surface area contributed by atoms with E-state index in [1.807, 2.05) is 4.90 Å². The molecule has 0 amide bonds. The van der Waals surface area contributed by atoms with E-state index in [0.717, 1.165) is 6.07 Å². The lowest BCUT2D eigenvalue weighted by Crippen LogP contribution is -2.25. The van der Waals surface area contributed by atoms with Crippen LogP contribution < -0.4 is 14.4 Å². The molecule has 1 fully saturated rings. The van der Waals surface area contributed by atoms with Crippen molar-refractivity contribution in [2.75, 3.05) is 38.8 Å². The van der Waals surface area contributed by atoms with Crippen molar-refractivity contribution >= 4 is 11.9 Å². The molecule has 1 saturated heterocycles. The van der Waals surface area contributed by atoms with Gasteiger partial charge in [-0.1, -0.05) is 12.1 Å². The van der Waals surface area contributed by atoms with Gasteiger partial charge < -0.3 is 19.1 Å². The van der Waals surface area contributed by atoms with Crippen LogP contribution in [-0.2, 0) is 10.9 Å². The average molecular weight is 411 g/mol. The SMILES string of the molecule is COC(=O)c1cc(OC)nc(N2CCC(COc3ccccc3C(F)(F)F)C2)n1. The molecule has 7 nitrogen and oxygen atoms in total. The van der Waals surface area contributed by atoms with Gasteiger partial charge in [0.1, 0.15) is 5.75 Å². The van der Waals surface area contributed by atoms with Crippen LogP contribution >= 0.6 is 0 Å². The fourth-order valence-electron chi connectivity index (χ4n) is 3.05. The van der Waals surface area contributed by atoms with Crippen LogP contribution in [0, 0.1) is 5.92 Å². The van der Waals surface area contributed by atoms with Crippen molar-refractivity contribution in [2.24, 2.45) is 5.92 Å². The standard InChI is InChI=1S/C19H20F3N3O4/c1-27-16-9-14(17(26)28-2)23-18(24-16)25-8-7-12(10-25)11-29-15-6-4-3-5-13(15)19(20,21)22/h3-6,9,12H,7-8,10-11H2,1-2H3. The third-order valence-corrected chi connectivity index (χ3v) is 4.53. The summed E-state index contributed by atoms with van der Waals surface area (Å²) in [5, 5.41) is 0. The van der Waals surface area contributed by atoms with Gasteiger partial charge in [-0.25, -0.2) is 9.78 Å². The summed E-state index contributed by atoms with van der Waals surface area (Å²) in [5.41, 5.74) is -0.734. The summed E-state index contributed by atoms with van der Waals surface area (Å²) >= 11 is 0. The smallest absolute Gasteiger partial charge is 0.419 e. The molecule has 0 bridgehead atoms. The van der Waals surface area contributed by atoms with Crippen molar-refractivity contribution < 1.29 is 32.2 Å². The Kier molecular flexibility index (Phi) is 6.09. The number of hydrogen-bond acceptors (Lipinski definition) is 7. The van der Waals surface area contributed by atoms with Crippen LogP contribution in [0.15, 0.2) is 30.3 Å². The van der Waals surface area contributed by atoms with E-state index in [4.69, 9.17) is 9.47 Å².